The molecule has 58 valence electrons. The molecule has 0 aromatic heterocycles. The molecular formula is C11H13Li. The van der Waals surface area contributed by atoms with Gasteiger partial charge in [-0.25, -0.2) is 0 Å². The van der Waals surface area contributed by atoms with Gasteiger partial charge in [0, 0.05) is 5.41 Å². The quantitative estimate of drug-likeness (QED) is 0.500. The van der Waals surface area contributed by atoms with Crippen LogP contribution in [0.4, 0.5) is 0 Å². The molecule has 2 rings (SSSR count). The van der Waals surface area contributed by atoms with Crippen LogP contribution in [0.15, 0.2) is 30.3 Å². The fourth-order valence-electron chi connectivity index (χ4n) is 1.62. The zero-order valence-corrected chi connectivity index (χ0v) is 6.96. The Kier molecular flexibility index (Phi) is 2.51. The van der Waals surface area contributed by atoms with Crippen molar-refractivity contribution in [2.45, 2.75) is 19.3 Å². The van der Waals surface area contributed by atoms with E-state index < -0.39 is 0 Å². The number of rotatable bonds is 0. The maximum absolute atomic E-state index is 2.26. The van der Waals surface area contributed by atoms with Crippen molar-refractivity contribution in [3.05, 3.63) is 41.5 Å². The molecule has 0 radical (unpaired) electrons. The van der Waals surface area contributed by atoms with Crippen molar-refractivity contribution in [2.24, 2.45) is 0 Å². The molecule has 1 aromatic rings. The van der Waals surface area contributed by atoms with E-state index in [-0.39, 0.29) is 24.3 Å². The van der Waals surface area contributed by atoms with Crippen LogP contribution in [0.5, 0.6) is 0 Å². The summed E-state index contributed by atoms with van der Waals surface area (Å²) in [6, 6.07) is 8.56. The first-order valence-electron chi connectivity index (χ1n) is 3.99. The van der Waals surface area contributed by atoms with Crippen LogP contribution < -0.4 is 0 Å². The number of benzene rings is 1. The van der Waals surface area contributed by atoms with Crippen molar-refractivity contribution in [3.63, 3.8) is 0 Å². The number of fused-ring (bicyclic) bond motifs is 1. The summed E-state index contributed by atoms with van der Waals surface area (Å²) < 4.78 is 0. The van der Waals surface area contributed by atoms with E-state index in [1.54, 1.807) is 0 Å². The average molecular weight is 152 g/mol. The summed E-state index contributed by atoms with van der Waals surface area (Å²) in [4.78, 5) is 0. The SMILES string of the molecule is CC1(C)C=Cc2ccccc21.[LiH]. The van der Waals surface area contributed by atoms with E-state index in [1.807, 2.05) is 0 Å². The van der Waals surface area contributed by atoms with E-state index in [9.17, 15) is 0 Å². The van der Waals surface area contributed by atoms with Crippen molar-refractivity contribution in [1.29, 1.82) is 0 Å². The van der Waals surface area contributed by atoms with Gasteiger partial charge in [0.15, 0.2) is 0 Å². The van der Waals surface area contributed by atoms with Gasteiger partial charge >= 0.3 is 18.9 Å². The van der Waals surface area contributed by atoms with Crippen LogP contribution in [-0.4, -0.2) is 18.9 Å². The normalized spacial score (nSPS) is 16.8. The van der Waals surface area contributed by atoms with Crippen LogP contribution in [0, 0.1) is 0 Å². The third-order valence-electron chi connectivity index (χ3n) is 2.33. The van der Waals surface area contributed by atoms with Crippen molar-refractivity contribution in [2.75, 3.05) is 0 Å². The fraction of sp³-hybridized carbons (Fsp3) is 0.273. The standard InChI is InChI=1S/C11H12.Li.H/c1-11(2)8-7-9-5-3-4-6-10(9)11;;/h3-8H,1-2H3;;. The van der Waals surface area contributed by atoms with Crippen molar-refractivity contribution < 1.29 is 0 Å². The van der Waals surface area contributed by atoms with Gasteiger partial charge in [-0.1, -0.05) is 50.3 Å². The van der Waals surface area contributed by atoms with Crippen molar-refractivity contribution in [3.8, 4) is 0 Å². The van der Waals surface area contributed by atoms with E-state index in [0.29, 0.717) is 0 Å². The van der Waals surface area contributed by atoms with E-state index in [2.05, 4.69) is 50.3 Å². The van der Waals surface area contributed by atoms with Gasteiger partial charge in [0.25, 0.3) is 0 Å². The monoisotopic (exact) mass is 152 g/mol. The van der Waals surface area contributed by atoms with Gasteiger partial charge in [-0.2, -0.15) is 0 Å². The van der Waals surface area contributed by atoms with Crippen LogP contribution in [-0.2, 0) is 5.41 Å². The summed E-state index contributed by atoms with van der Waals surface area (Å²) in [7, 11) is 0. The number of allylic oxidation sites excluding steroid dienone is 1. The Balaban J connectivity index is 0.000000720. The molecule has 12 heavy (non-hydrogen) atoms. The first kappa shape index (κ1) is 9.64. The zero-order chi connectivity index (χ0) is 7.90. The summed E-state index contributed by atoms with van der Waals surface area (Å²) in [5.41, 5.74) is 3.06. The van der Waals surface area contributed by atoms with Gasteiger partial charge in [-0.3, -0.25) is 0 Å². The molecule has 1 heteroatoms. The van der Waals surface area contributed by atoms with E-state index in [0.717, 1.165) is 0 Å². The zero-order valence-electron chi connectivity index (χ0n) is 6.96. The van der Waals surface area contributed by atoms with Crippen LogP contribution in [0.25, 0.3) is 6.08 Å². The summed E-state index contributed by atoms with van der Waals surface area (Å²) in [5, 5.41) is 0. The van der Waals surface area contributed by atoms with Gasteiger partial charge in [0.2, 0.25) is 0 Å². The van der Waals surface area contributed by atoms with Gasteiger partial charge in [0.05, 0.1) is 0 Å². The fourth-order valence-corrected chi connectivity index (χ4v) is 1.62. The molecule has 0 spiro atoms. The second-order valence-corrected chi connectivity index (χ2v) is 3.64. The van der Waals surface area contributed by atoms with E-state index in [4.69, 9.17) is 0 Å². The minimum absolute atomic E-state index is 0. The topological polar surface area (TPSA) is 0 Å². The maximum atomic E-state index is 2.26. The Morgan fingerprint density at radius 1 is 1.08 bits per heavy atom. The predicted octanol–water partition coefficient (Wildman–Crippen LogP) is 2.34. The Morgan fingerprint density at radius 3 is 2.42 bits per heavy atom. The second-order valence-electron chi connectivity index (χ2n) is 3.64. The molecular weight excluding hydrogens is 139 g/mol. The summed E-state index contributed by atoms with van der Waals surface area (Å²) in [5.74, 6) is 0. The summed E-state index contributed by atoms with van der Waals surface area (Å²) in [6.45, 7) is 4.49. The van der Waals surface area contributed by atoms with Crippen LogP contribution in [0.2, 0.25) is 0 Å². The first-order valence-corrected chi connectivity index (χ1v) is 3.99. The van der Waals surface area contributed by atoms with Gasteiger partial charge in [-0.15, -0.1) is 0 Å². The molecule has 0 bridgehead atoms. The first-order chi connectivity index (χ1) is 5.20. The molecule has 1 aliphatic rings. The molecule has 0 nitrogen and oxygen atoms in total. The minimum atomic E-state index is 0. The predicted molar refractivity (Wildman–Crippen MR) is 55.7 cm³/mol. The van der Waals surface area contributed by atoms with Crippen LogP contribution in [0.3, 0.4) is 0 Å². The van der Waals surface area contributed by atoms with Crippen LogP contribution in [0.1, 0.15) is 25.0 Å². The van der Waals surface area contributed by atoms with Crippen molar-refractivity contribution >= 4 is 24.9 Å². The average Bonchev–Trinajstić information content (AvgIpc) is 2.29. The summed E-state index contributed by atoms with van der Waals surface area (Å²) in [6.07, 6.45) is 4.47. The molecule has 0 aliphatic heterocycles. The Bertz CT molecular complexity index is 311. The van der Waals surface area contributed by atoms with E-state index >= 15 is 0 Å². The van der Waals surface area contributed by atoms with Gasteiger partial charge in [-0.05, 0) is 11.1 Å². The molecule has 0 saturated carbocycles. The second kappa shape index (κ2) is 3.13. The number of hydrogen-bond donors (Lipinski definition) is 0. The van der Waals surface area contributed by atoms with Crippen molar-refractivity contribution in [1.82, 2.24) is 0 Å². The molecule has 0 amide bonds. The molecule has 0 atom stereocenters. The third-order valence-corrected chi connectivity index (χ3v) is 2.33. The van der Waals surface area contributed by atoms with Gasteiger partial charge in [0.1, 0.15) is 0 Å². The molecule has 0 saturated heterocycles. The Hall–Kier alpha value is -0.443. The Morgan fingerprint density at radius 2 is 1.75 bits per heavy atom. The Labute approximate surface area is 85.9 Å². The molecule has 0 N–H and O–H groups in total. The molecule has 1 aliphatic carbocycles. The number of hydrogen-bond acceptors (Lipinski definition) is 0. The van der Waals surface area contributed by atoms with E-state index in [1.165, 1.54) is 11.1 Å². The van der Waals surface area contributed by atoms with Crippen LogP contribution >= 0.6 is 0 Å². The van der Waals surface area contributed by atoms with Gasteiger partial charge < -0.3 is 0 Å². The molecule has 0 heterocycles. The summed E-state index contributed by atoms with van der Waals surface area (Å²) >= 11 is 0. The third kappa shape index (κ3) is 1.38. The molecule has 0 fully saturated rings. The molecule has 1 aromatic carbocycles. The molecule has 0 unspecified atom stereocenters.